The minimum atomic E-state index is -0.467. The van der Waals surface area contributed by atoms with E-state index in [4.69, 9.17) is 9.47 Å². The molecule has 0 N–H and O–H groups in total. The third-order valence-electron chi connectivity index (χ3n) is 3.90. The van der Waals surface area contributed by atoms with Gasteiger partial charge in [0.1, 0.15) is 11.4 Å². The first-order chi connectivity index (χ1) is 11.5. The topological polar surface area (TPSA) is 48.4 Å². The Morgan fingerprint density at radius 2 is 1.92 bits per heavy atom. The first-order valence-corrected chi connectivity index (χ1v) is 8.05. The second-order valence-electron chi connectivity index (χ2n) is 6.22. The zero-order chi connectivity index (χ0) is 17.3. The summed E-state index contributed by atoms with van der Waals surface area (Å²) in [5.41, 5.74) is 2.86. The summed E-state index contributed by atoms with van der Waals surface area (Å²) in [6.07, 6.45) is 1.98. The molecule has 0 aliphatic heterocycles. The van der Waals surface area contributed by atoms with E-state index in [1.807, 2.05) is 19.9 Å². The molecular weight excluding hydrogens is 309 g/mol. The zero-order valence-corrected chi connectivity index (χ0v) is 14.0. The molecule has 1 heterocycles. The second kappa shape index (κ2) is 6.59. The van der Waals surface area contributed by atoms with Gasteiger partial charge in [-0.2, -0.15) is 0 Å². The van der Waals surface area contributed by atoms with Gasteiger partial charge in [-0.25, -0.2) is 14.2 Å². The lowest BCUT2D eigenvalue weighted by Gasteiger charge is -2.16. The summed E-state index contributed by atoms with van der Waals surface area (Å²) in [7, 11) is 1.34. The third kappa shape index (κ3) is 3.40. The average Bonchev–Trinajstić information content (AvgIpc) is 3.39. The van der Waals surface area contributed by atoms with Gasteiger partial charge in [0.25, 0.3) is 0 Å². The van der Waals surface area contributed by atoms with Crippen LogP contribution >= 0.6 is 0 Å². The van der Waals surface area contributed by atoms with E-state index in [1.165, 1.54) is 19.2 Å². The predicted molar refractivity (Wildman–Crippen MR) is 88.7 cm³/mol. The highest BCUT2D eigenvalue weighted by atomic mass is 19.1. The molecule has 1 aliphatic carbocycles. The Morgan fingerprint density at radius 1 is 1.25 bits per heavy atom. The SMILES string of the molecule is COC(=O)c1cc(C2CC2)c(-c2ccc(F)cc2)nc1OC(C)C. The van der Waals surface area contributed by atoms with Crippen molar-refractivity contribution in [1.29, 1.82) is 0 Å². The quantitative estimate of drug-likeness (QED) is 0.766. The van der Waals surface area contributed by atoms with Crippen LogP contribution in [0.1, 0.15) is 48.5 Å². The Kier molecular flexibility index (Phi) is 4.51. The van der Waals surface area contributed by atoms with E-state index < -0.39 is 5.97 Å². The molecule has 24 heavy (non-hydrogen) atoms. The first kappa shape index (κ1) is 16.4. The number of esters is 1. The zero-order valence-electron chi connectivity index (χ0n) is 14.0. The summed E-state index contributed by atoms with van der Waals surface area (Å²) >= 11 is 0. The van der Waals surface area contributed by atoms with Crippen molar-refractivity contribution in [3.05, 3.63) is 47.3 Å². The van der Waals surface area contributed by atoms with Crippen LogP contribution in [0.4, 0.5) is 4.39 Å². The number of hydrogen-bond donors (Lipinski definition) is 0. The Morgan fingerprint density at radius 3 is 2.46 bits per heavy atom. The molecule has 4 nitrogen and oxygen atoms in total. The highest BCUT2D eigenvalue weighted by Crippen LogP contribution is 2.45. The molecule has 0 spiro atoms. The number of carbonyl (C=O) groups is 1. The minimum absolute atomic E-state index is 0.131. The Labute approximate surface area is 140 Å². The van der Waals surface area contributed by atoms with Crippen LogP contribution in [0.2, 0.25) is 0 Å². The number of rotatable bonds is 5. The fourth-order valence-corrected chi connectivity index (χ4v) is 2.63. The molecule has 1 fully saturated rings. The van der Waals surface area contributed by atoms with Crippen LogP contribution in [0.15, 0.2) is 30.3 Å². The third-order valence-corrected chi connectivity index (χ3v) is 3.90. The van der Waals surface area contributed by atoms with Crippen LogP contribution in [0.25, 0.3) is 11.3 Å². The largest absolute Gasteiger partial charge is 0.474 e. The van der Waals surface area contributed by atoms with Crippen LogP contribution in [0, 0.1) is 5.82 Å². The highest BCUT2D eigenvalue weighted by molar-refractivity contribution is 5.93. The van der Waals surface area contributed by atoms with Gasteiger partial charge in [-0.1, -0.05) is 0 Å². The molecular formula is C19H20FNO3. The summed E-state index contributed by atoms with van der Waals surface area (Å²) in [6, 6.07) is 8.02. The van der Waals surface area contributed by atoms with Gasteiger partial charge >= 0.3 is 5.97 Å². The van der Waals surface area contributed by atoms with Crippen LogP contribution in [0.5, 0.6) is 5.88 Å². The van der Waals surface area contributed by atoms with Crippen molar-refractivity contribution in [3.63, 3.8) is 0 Å². The van der Waals surface area contributed by atoms with Gasteiger partial charge < -0.3 is 9.47 Å². The molecule has 1 saturated carbocycles. The number of ether oxygens (including phenoxy) is 2. The first-order valence-electron chi connectivity index (χ1n) is 8.05. The molecule has 0 atom stereocenters. The second-order valence-corrected chi connectivity index (χ2v) is 6.22. The maximum atomic E-state index is 13.2. The molecule has 1 aromatic carbocycles. The maximum absolute atomic E-state index is 13.2. The number of halogens is 1. The van der Waals surface area contributed by atoms with Crippen molar-refractivity contribution >= 4 is 5.97 Å². The molecule has 0 unspecified atom stereocenters. The normalized spacial score (nSPS) is 13.9. The van der Waals surface area contributed by atoms with Gasteiger partial charge in [-0.05, 0) is 68.5 Å². The van der Waals surface area contributed by atoms with E-state index in [-0.39, 0.29) is 17.8 Å². The van der Waals surface area contributed by atoms with Crippen LogP contribution < -0.4 is 4.74 Å². The van der Waals surface area contributed by atoms with Gasteiger partial charge in [0.15, 0.2) is 0 Å². The van der Waals surface area contributed by atoms with E-state index in [0.717, 1.165) is 29.7 Å². The van der Waals surface area contributed by atoms with E-state index in [2.05, 4.69) is 4.98 Å². The average molecular weight is 329 g/mol. The van der Waals surface area contributed by atoms with Crippen molar-refractivity contribution in [2.75, 3.05) is 7.11 Å². The molecule has 0 saturated heterocycles. The lowest BCUT2D eigenvalue weighted by atomic mass is 10.00. The highest BCUT2D eigenvalue weighted by Gasteiger charge is 2.30. The number of aromatic nitrogens is 1. The van der Waals surface area contributed by atoms with E-state index in [0.29, 0.717) is 11.5 Å². The van der Waals surface area contributed by atoms with E-state index in [9.17, 15) is 9.18 Å². The van der Waals surface area contributed by atoms with Crippen molar-refractivity contribution < 1.29 is 18.7 Å². The number of pyridine rings is 1. The van der Waals surface area contributed by atoms with Crippen molar-refractivity contribution in [2.45, 2.75) is 38.7 Å². The van der Waals surface area contributed by atoms with Crippen molar-refractivity contribution in [3.8, 4) is 17.1 Å². The number of benzene rings is 1. The Hall–Kier alpha value is -2.43. The lowest BCUT2D eigenvalue weighted by Crippen LogP contribution is -2.14. The standard InChI is InChI=1S/C19H20FNO3/c1-11(2)24-18-16(19(22)23-3)10-15(12-4-5-12)17(21-18)13-6-8-14(20)9-7-13/h6-12H,4-5H2,1-3H3. The van der Waals surface area contributed by atoms with Crippen LogP contribution in [-0.4, -0.2) is 24.2 Å². The molecule has 5 heteroatoms. The molecule has 1 aromatic heterocycles. The summed E-state index contributed by atoms with van der Waals surface area (Å²) in [6.45, 7) is 3.74. The minimum Gasteiger partial charge on any atom is -0.474 e. The molecule has 2 aromatic rings. The summed E-state index contributed by atoms with van der Waals surface area (Å²) in [4.78, 5) is 16.7. The summed E-state index contributed by atoms with van der Waals surface area (Å²) < 4.78 is 23.8. The van der Waals surface area contributed by atoms with Gasteiger partial charge in [-0.3, -0.25) is 0 Å². The predicted octanol–water partition coefficient (Wildman–Crippen LogP) is 4.34. The molecule has 0 radical (unpaired) electrons. The molecule has 126 valence electrons. The van der Waals surface area contributed by atoms with E-state index in [1.54, 1.807) is 12.1 Å². The van der Waals surface area contributed by atoms with E-state index >= 15 is 0 Å². The number of carbonyl (C=O) groups excluding carboxylic acids is 1. The molecule has 3 rings (SSSR count). The number of nitrogens with zero attached hydrogens (tertiary/aromatic N) is 1. The lowest BCUT2D eigenvalue weighted by molar-refractivity contribution is 0.0593. The molecule has 1 aliphatic rings. The van der Waals surface area contributed by atoms with Crippen LogP contribution in [0.3, 0.4) is 0 Å². The number of hydrogen-bond acceptors (Lipinski definition) is 4. The Bertz CT molecular complexity index is 752. The molecule has 0 bridgehead atoms. The fraction of sp³-hybridized carbons (Fsp3) is 0.368. The summed E-state index contributed by atoms with van der Waals surface area (Å²) in [5, 5.41) is 0. The van der Waals surface area contributed by atoms with Crippen molar-refractivity contribution in [1.82, 2.24) is 4.98 Å². The monoisotopic (exact) mass is 329 g/mol. The van der Waals surface area contributed by atoms with Gasteiger partial charge in [0.2, 0.25) is 5.88 Å². The van der Waals surface area contributed by atoms with Gasteiger partial charge in [0, 0.05) is 5.56 Å². The Balaban J connectivity index is 2.15. The number of methoxy groups -OCH3 is 1. The molecule has 0 amide bonds. The van der Waals surface area contributed by atoms with Crippen LogP contribution in [-0.2, 0) is 4.74 Å². The van der Waals surface area contributed by atoms with Gasteiger partial charge in [0.05, 0.1) is 18.9 Å². The van der Waals surface area contributed by atoms with Gasteiger partial charge in [-0.15, -0.1) is 0 Å². The maximum Gasteiger partial charge on any atom is 0.343 e. The van der Waals surface area contributed by atoms with Crippen molar-refractivity contribution in [2.24, 2.45) is 0 Å². The summed E-state index contributed by atoms with van der Waals surface area (Å²) in [5.74, 6) is -0.142. The fourth-order valence-electron chi connectivity index (χ4n) is 2.63. The smallest absolute Gasteiger partial charge is 0.343 e.